The molecule has 0 aliphatic carbocycles. The number of carbonyl (C=O) groups excluding carboxylic acids is 2. The van der Waals surface area contributed by atoms with E-state index in [2.05, 4.69) is 10.6 Å². The smallest absolute Gasteiger partial charge is 0.243 e. The van der Waals surface area contributed by atoms with Crippen molar-refractivity contribution in [3.8, 4) is 0 Å². The predicted octanol–water partition coefficient (Wildman–Crippen LogP) is 4.49. The van der Waals surface area contributed by atoms with Gasteiger partial charge >= 0.3 is 0 Å². The van der Waals surface area contributed by atoms with Crippen molar-refractivity contribution in [2.45, 2.75) is 17.1 Å². The maximum atomic E-state index is 13.6. The second kappa shape index (κ2) is 9.00. The van der Waals surface area contributed by atoms with Crippen molar-refractivity contribution in [2.24, 2.45) is 0 Å². The Balaban J connectivity index is 1.54. The van der Waals surface area contributed by atoms with Crippen LogP contribution in [0.1, 0.15) is 6.92 Å². The monoisotopic (exact) mass is 418 g/mol. The summed E-state index contributed by atoms with van der Waals surface area (Å²) in [5, 5.41) is 6.21. The van der Waals surface area contributed by atoms with Crippen LogP contribution in [-0.2, 0) is 9.59 Å². The lowest BCUT2D eigenvalue weighted by atomic mass is 10.1. The molecule has 0 bridgehead atoms. The van der Waals surface area contributed by atoms with Gasteiger partial charge < -0.3 is 10.6 Å². The van der Waals surface area contributed by atoms with E-state index in [0.717, 1.165) is 21.7 Å². The van der Waals surface area contributed by atoms with Crippen LogP contribution in [0.25, 0.3) is 10.8 Å². The summed E-state index contributed by atoms with van der Waals surface area (Å²) in [7, 11) is 0. The lowest BCUT2D eigenvalue weighted by molar-refractivity contribution is -0.123. The summed E-state index contributed by atoms with van der Waals surface area (Å²) in [6.45, 7) is 1.27. The van der Waals surface area contributed by atoms with Crippen LogP contribution in [0, 0.1) is 17.5 Å². The Labute approximate surface area is 169 Å². The lowest BCUT2D eigenvalue weighted by Crippen LogP contribution is -2.37. The zero-order valence-electron chi connectivity index (χ0n) is 15.3. The van der Waals surface area contributed by atoms with Gasteiger partial charge in [0.25, 0.3) is 0 Å². The molecule has 8 heteroatoms. The van der Waals surface area contributed by atoms with Crippen LogP contribution >= 0.6 is 11.8 Å². The molecule has 2 N–H and O–H groups in total. The molecule has 29 heavy (non-hydrogen) atoms. The molecule has 3 rings (SSSR count). The molecule has 0 radical (unpaired) electrons. The van der Waals surface area contributed by atoms with Gasteiger partial charge in [-0.1, -0.05) is 30.3 Å². The van der Waals surface area contributed by atoms with Crippen molar-refractivity contribution >= 4 is 40.0 Å². The predicted molar refractivity (Wildman–Crippen MR) is 107 cm³/mol. The molecule has 0 spiro atoms. The topological polar surface area (TPSA) is 58.2 Å². The molecule has 2 amide bonds. The summed E-state index contributed by atoms with van der Waals surface area (Å²) in [4.78, 5) is 25.0. The number of fused-ring (bicyclic) bond motifs is 1. The van der Waals surface area contributed by atoms with Gasteiger partial charge in [-0.15, -0.1) is 11.8 Å². The third-order valence-electron chi connectivity index (χ3n) is 4.14. The first-order chi connectivity index (χ1) is 13.8. The van der Waals surface area contributed by atoms with E-state index in [-0.39, 0.29) is 5.91 Å². The van der Waals surface area contributed by atoms with Gasteiger partial charge in [0, 0.05) is 4.90 Å². The third-order valence-corrected chi connectivity index (χ3v) is 5.23. The summed E-state index contributed by atoms with van der Waals surface area (Å²) in [5.41, 5.74) is -0.498. The number of thioether (sulfide) groups is 1. The zero-order chi connectivity index (χ0) is 21.0. The van der Waals surface area contributed by atoms with Crippen LogP contribution < -0.4 is 10.6 Å². The van der Waals surface area contributed by atoms with Crippen molar-refractivity contribution in [3.05, 3.63) is 72.0 Å². The Kier molecular flexibility index (Phi) is 6.43. The van der Waals surface area contributed by atoms with Crippen molar-refractivity contribution in [1.29, 1.82) is 0 Å². The summed E-state index contributed by atoms with van der Waals surface area (Å²) >= 11 is 1.33. The minimum Gasteiger partial charge on any atom is -0.346 e. The highest BCUT2D eigenvalue weighted by atomic mass is 32.2. The first-order valence-electron chi connectivity index (χ1n) is 8.71. The number of halogens is 3. The first-order valence-corrected chi connectivity index (χ1v) is 9.59. The summed E-state index contributed by atoms with van der Waals surface area (Å²) in [6.07, 6.45) is 0. The van der Waals surface area contributed by atoms with Gasteiger partial charge in [-0.25, -0.2) is 13.2 Å². The SMILES string of the molecule is CC(Sc1ccc2ccccc2c1)C(=O)NCC(=O)Nc1ccc(F)c(F)c1F. The molecule has 0 aliphatic rings. The highest BCUT2D eigenvalue weighted by Crippen LogP contribution is 2.27. The van der Waals surface area contributed by atoms with E-state index >= 15 is 0 Å². The fourth-order valence-electron chi connectivity index (χ4n) is 2.63. The second-order valence-electron chi connectivity index (χ2n) is 6.26. The Morgan fingerprint density at radius 3 is 2.45 bits per heavy atom. The number of benzene rings is 3. The maximum absolute atomic E-state index is 13.6. The minimum absolute atomic E-state index is 0.385. The third kappa shape index (κ3) is 5.08. The number of hydrogen-bond donors (Lipinski definition) is 2. The standard InChI is InChI=1S/C21H17F3N2O2S/c1-12(29-15-7-6-13-4-2-3-5-14(13)10-15)21(28)25-11-18(27)26-17-9-8-16(22)19(23)20(17)24/h2-10,12H,11H2,1H3,(H,25,28)(H,26,27). The van der Waals surface area contributed by atoms with E-state index in [4.69, 9.17) is 0 Å². The lowest BCUT2D eigenvalue weighted by Gasteiger charge is -2.13. The van der Waals surface area contributed by atoms with Gasteiger partial charge in [0.05, 0.1) is 17.5 Å². The average molecular weight is 418 g/mol. The quantitative estimate of drug-likeness (QED) is 0.458. The number of amides is 2. The molecule has 0 heterocycles. The molecule has 0 saturated carbocycles. The number of hydrogen-bond acceptors (Lipinski definition) is 3. The van der Waals surface area contributed by atoms with E-state index in [1.54, 1.807) is 6.92 Å². The van der Waals surface area contributed by atoms with Gasteiger partial charge in [0.15, 0.2) is 17.5 Å². The normalized spacial score (nSPS) is 11.9. The molecule has 4 nitrogen and oxygen atoms in total. The van der Waals surface area contributed by atoms with Gasteiger partial charge in [0.1, 0.15) is 0 Å². The van der Waals surface area contributed by atoms with Crippen LogP contribution in [0.4, 0.5) is 18.9 Å². The van der Waals surface area contributed by atoms with Gasteiger partial charge in [0.2, 0.25) is 11.8 Å². The molecule has 0 aromatic heterocycles. The van der Waals surface area contributed by atoms with Gasteiger partial charge in [-0.05, 0) is 42.0 Å². The highest BCUT2D eigenvalue weighted by Gasteiger charge is 2.18. The number of anilines is 1. The molecule has 3 aromatic rings. The Morgan fingerprint density at radius 1 is 0.966 bits per heavy atom. The Bertz CT molecular complexity index is 1070. The van der Waals surface area contributed by atoms with Crippen molar-refractivity contribution in [1.82, 2.24) is 5.32 Å². The largest absolute Gasteiger partial charge is 0.346 e. The van der Waals surface area contributed by atoms with Crippen LogP contribution in [0.3, 0.4) is 0 Å². The van der Waals surface area contributed by atoms with Gasteiger partial charge in [-0.3, -0.25) is 9.59 Å². The maximum Gasteiger partial charge on any atom is 0.243 e. The minimum atomic E-state index is -1.67. The molecule has 3 aromatic carbocycles. The molecule has 150 valence electrons. The second-order valence-corrected chi connectivity index (χ2v) is 7.67. The van der Waals surface area contributed by atoms with E-state index in [1.807, 2.05) is 42.5 Å². The first kappa shape index (κ1) is 20.7. The van der Waals surface area contributed by atoms with Crippen molar-refractivity contribution < 1.29 is 22.8 Å². The van der Waals surface area contributed by atoms with E-state index in [9.17, 15) is 22.8 Å². The fourth-order valence-corrected chi connectivity index (χ4v) is 3.57. The van der Waals surface area contributed by atoms with Crippen LogP contribution in [0.15, 0.2) is 59.5 Å². The van der Waals surface area contributed by atoms with Crippen molar-refractivity contribution in [2.75, 3.05) is 11.9 Å². The Morgan fingerprint density at radius 2 is 1.69 bits per heavy atom. The van der Waals surface area contributed by atoms with Crippen LogP contribution in [-0.4, -0.2) is 23.6 Å². The number of nitrogens with one attached hydrogen (secondary N) is 2. The van der Waals surface area contributed by atoms with Crippen LogP contribution in [0.2, 0.25) is 0 Å². The number of rotatable bonds is 6. The fraction of sp³-hybridized carbons (Fsp3) is 0.143. The van der Waals surface area contributed by atoms with Crippen LogP contribution in [0.5, 0.6) is 0 Å². The summed E-state index contributed by atoms with van der Waals surface area (Å²) < 4.78 is 39.7. The molecule has 1 unspecified atom stereocenters. The van der Waals surface area contributed by atoms with E-state index in [0.29, 0.717) is 6.07 Å². The molecule has 0 fully saturated rings. The van der Waals surface area contributed by atoms with Crippen molar-refractivity contribution in [3.63, 3.8) is 0 Å². The molecule has 1 atom stereocenters. The zero-order valence-corrected chi connectivity index (χ0v) is 16.2. The highest BCUT2D eigenvalue weighted by molar-refractivity contribution is 8.00. The molecular weight excluding hydrogens is 401 g/mol. The molecule has 0 aliphatic heterocycles. The average Bonchev–Trinajstić information content (AvgIpc) is 2.72. The summed E-state index contributed by atoms with van der Waals surface area (Å²) in [6, 6.07) is 15.3. The van der Waals surface area contributed by atoms with E-state index in [1.165, 1.54) is 11.8 Å². The Hall–Kier alpha value is -3.00. The molecule has 0 saturated heterocycles. The summed E-state index contributed by atoms with van der Waals surface area (Å²) in [5.74, 6) is -5.67. The number of carbonyl (C=O) groups is 2. The van der Waals surface area contributed by atoms with Gasteiger partial charge in [-0.2, -0.15) is 0 Å². The van der Waals surface area contributed by atoms with E-state index < -0.39 is 40.8 Å². The molecular formula is C21H17F3N2O2S.